The Morgan fingerprint density at radius 3 is 2.80 bits per heavy atom. The number of ether oxygens (including phenoxy) is 4. The van der Waals surface area contributed by atoms with Crippen molar-refractivity contribution in [1.29, 1.82) is 0 Å². The summed E-state index contributed by atoms with van der Waals surface area (Å²) in [5.74, 6) is 1.09. The summed E-state index contributed by atoms with van der Waals surface area (Å²) >= 11 is 6.23. The van der Waals surface area contributed by atoms with Gasteiger partial charge in [-0.05, 0) is 6.07 Å². The molecule has 6 nitrogen and oxygen atoms in total. The Kier molecular flexibility index (Phi) is 3.17. The van der Waals surface area contributed by atoms with Gasteiger partial charge in [-0.1, -0.05) is 11.6 Å². The van der Waals surface area contributed by atoms with E-state index in [1.165, 1.54) is 7.11 Å². The SMILES string of the molecule is COC(=O)C1N=C(C)OC1c1cc2c(cc1Cl)OCO2. The number of benzene rings is 1. The van der Waals surface area contributed by atoms with Crippen molar-refractivity contribution in [2.24, 2.45) is 4.99 Å². The predicted octanol–water partition coefficient (Wildman–Crippen LogP) is 2.10. The fraction of sp³-hybridized carbons (Fsp3) is 0.385. The van der Waals surface area contributed by atoms with E-state index in [2.05, 4.69) is 4.99 Å². The largest absolute Gasteiger partial charge is 0.470 e. The van der Waals surface area contributed by atoms with E-state index in [1.54, 1.807) is 19.1 Å². The van der Waals surface area contributed by atoms with Crippen LogP contribution in [0, 0.1) is 0 Å². The Morgan fingerprint density at radius 2 is 2.10 bits per heavy atom. The molecule has 2 aliphatic heterocycles. The molecule has 0 spiro atoms. The quantitative estimate of drug-likeness (QED) is 0.782. The van der Waals surface area contributed by atoms with Gasteiger partial charge in [0.25, 0.3) is 0 Å². The normalized spacial score (nSPS) is 23.2. The lowest BCUT2D eigenvalue weighted by Crippen LogP contribution is -2.25. The number of aliphatic imine (C=N–C) groups is 1. The third-order valence-corrected chi connectivity index (χ3v) is 3.47. The van der Waals surface area contributed by atoms with E-state index in [1.807, 2.05) is 0 Å². The van der Waals surface area contributed by atoms with E-state index in [0.717, 1.165) is 0 Å². The third-order valence-electron chi connectivity index (χ3n) is 3.15. The van der Waals surface area contributed by atoms with Crippen LogP contribution in [0.2, 0.25) is 5.02 Å². The number of fused-ring (bicyclic) bond motifs is 1. The summed E-state index contributed by atoms with van der Waals surface area (Å²) in [4.78, 5) is 15.9. The van der Waals surface area contributed by atoms with E-state index in [-0.39, 0.29) is 6.79 Å². The highest BCUT2D eigenvalue weighted by Gasteiger charge is 2.39. The molecular weight excluding hydrogens is 286 g/mol. The number of rotatable bonds is 2. The third kappa shape index (κ3) is 2.06. The Morgan fingerprint density at radius 1 is 1.40 bits per heavy atom. The summed E-state index contributed by atoms with van der Waals surface area (Å²) in [6.45, 7) is 1.83. The Bertz CT molecular complexity index is 601. The molecule has 0 fully saturated rings. The summed E-state index contributed by atoms with van der Waals surface area (Å²) in [6.07, 6.45) is -0.621. The maximum atomic E-state index is 11.8. The number of esters is 1. The van der Waals surface area contributed by atoms with Gasteiger partial charge < -0.3 is 18.9 Å². The van der Waals surface area contributed by atoms with Crippen molar-refractivity contribution in [1.82, 2.24) is 0 Å². The molecule has 2 atom stereocenters. The predicted molar refractivity (Wildman–Crippen MR) is 70.3 cm³/mol. The van der Waals surface area contributed by atoms with E-state index in [4.69, 9.17) is 30.5 Å². The number of methoxy groups -OCH3 is 1. The Labute approximate surface area is 120 Å². The Hall–Kier alpha value is -1.95. The zero-order valence-corrected chi connectivity index (χ0v) is 11.6. The molecule has 1 aromatic carbocycles. The van der Waals surface area contributed by atoms with Gasteiger partial charge in [0, 0.05) is 18.6 Å². The van der Waals surface area contributed by atoms with Crippen LogP contribution in [0.5, 0.6) is 11.5 Å². The van der Waals surface area contributed by atoms with Gasteiger partial charge in [-0.2, -0.15) is 0 Å². The van der Waals surface area contributed by atoms with Crippen LogP contribution in [0.3, 0.4) is 0 Å². The Balaban J connectivity index is 1.98. The molecule has 0 N–H and O–H groups in total. The van der Waals surface area contributed by atoms with Crippen LogP contribution in [0.25, 0.3) is 0 Å². The molecule has 0 radical (unpaired) electrons. The standard InChI is InChI=1S/C13H12ClNO5/c1-6-15-11(13(16)17-2)12(20-6)7-3-9-10(4-8(7)14)19-5-18-9/h3-4,11-12H,5H2,1-2H3. The minimum atomic E-state index is -0.766. The molecule has 0 saturated heterocycles. The highest BCUT2D eigenvalue weighted by atomic mass is 35.5. The van der Waals surface area contributed by atoms with E-state index in [0.29, 0.717) is 28.0 Å². The van der Waals surface area contributed by atoms with Crippen LogP contribution in [0.4, 0.5) is 0 Å². The average Bonchev–Trinajstić information content (AvgIpc) is 3.02. The minimum Gasteiger partial charge on any atom is -0.470 e. The zero-order valence-electron chi connectivity index (χ0n) is 10.9. The molecule has 2 unspecified atom stereocenters. The second kappa shape index (κ2) is 4.86. The first-order chi connectivity index (χ1) is 9.60. The lowest BCUT2D eigenvalue weighted by atomic mass is 10.0. The van der Waals surface area contributed by atoms with Crippen molar-refractivity contribution in [3.05, 3.63) is 22.7 Å². The van der Waals surface area contributed by atoms with Crippen molar-refractivity contribution >= 4 is 23.5 Å². The van der Waals surface area contributed by atoms with Gasteiger partial charge >= 0.3 is 5.97 Å². The van der Waals surface area contributed by atoms with E-state index >= 15 is 0 Å². The zero-order chi connectivity index (χ0) is 14.3. The monoisotopic (exact) mass is 297 g/mol. The fourth-order valence-corrected chi connectivity index (χ4v) is 2.48. The molecule has 0 aromatic heterocycles. The van der Waals surface area contributed by atoms with Crippen molar-refractivity contribution in [3.8, 4) is 11.5 Å². The molecule has 1 aromatic rings. The lowest BCUT2D eigenvalue weighted by Gasteiger charge is -2.17. The van der Waals surface area contributed by atoms with Gasteiger partial charge in [-0.25, -0.2) is 9.79 Å². The second-order valence-electron chi connectivity index (χ2n) is 4.38. The maximum Gasteiger partial charge on any atom is 0.335 e. The van der Waals surface area contributed by atoms with Crippen LogP contribution in [0.1, 0.15) is 18.6 Å². The number of halogens is 1. The maximum absolute atomic E-state index is 11.8. The van der Waals surface area contributed by atoms with Crippen molar-refractivity contribution in [2.75, 3.05) is 13.9 Å². The number of carbonyl (C=O) groups is 1. The van der Waals surface area contributed by atoms with Gasteiger partial charge in [-0.3, -0.25) is 0 Å². The molecule has 0 bridgehead atoms. The van der Waals surface area contributed by atoms with Crippen LogP contribution >= 0.6 is 11.6 Å². The average molecular weight is 298 g/mol. The second-order valence-corrected chi connectivity index (χ2v) is 4.79. The molecule has 0 saturated carbocycles. The van der Waals surface area contributed by atoms with Crippen molar-refractivity contribution in [2.45, 2.75) is 19.1 Å². The number of hydrogen-bond donors (Lipinski definition) is 0. The summed E-state index contributed by atoms with van der Waals surface area (Å²) in [6, 6.07) is 2.59. The first-order valence-electron chi connectivity index (χ1n) is 5.98. The number of carbonyl (C=O) groups excluding carboxylic acids is 1. The molecule has 20 heavy (non-hydrogen) atoms. The lowest BCUT2D eigenvalue weighted by molar-refractivity contribution is -0.143. The molecule has 0 aliphatic carbocycles. The topological polar surface area (TPSA) is 66.4 Å². The molecule has 2 aliphatic rings. The number of nitrogens with zero attached hydrogens (tertiary/aromatic N) is 1. The highest BCUT2D eigenvalue weighted by molar-refractivity contribution is 6.31. The molecule has 0 amide bonds. The van der Waals surface area contributed by atoms with E-state index in [9.17, 15) is 4.79 Å². The van der Waals surface area contributed by atoms with Crippen LogP contribution in [0.15, 0.2) is 17.1 Å². The van der Waals surface area contributed by atoms with Gasteiger partial charge in [0.15, 0.2) is 29.5 Å². The van der Waals surface area contributed by atoms with Gasteiger partial charge in [0.1, 0.15) is 0 Å². The van der Waals surface area contributed by atoms with Gasteiger partial charge in [0.2, 0.25) is 6.79 Å². The molecule has 7 heteroatoms. The fourth-order valence-electron chi connectivity index (χ4n) is 2.22. The molecule has 3 rings (SSSR count). The van der Waals surface area contributed by atoms with Gasteiger partial charge in [-0.15, -0.1) is 0 Å². The molecule has 106 valence electrons. The highest BCUT2D eigenvalue weighted by Crippen LogP contribution is 2.42. The summed E-state index contributed by atoms with van der Waals surface area (Å²) in [7, 11) is 1.31. The summed E-state index contributed by atoms with van der Waals surface area (Å²) in [5.41, 5.74) is 0.618. The summed E-state index contributed by atoms with van der Waals surface area (Å²) in [5, 5.41) is 0.429. The van der Waals surface area contributed by atoms with Crippen LogP contribution in [-0.2, 0) is 14.3 Å². The van der Waals surface area contributed by atoms with Gasteiger partial charge in [0.05, 0.1) is 12.1 Å². The summed E-state index contributed by atoms with van der Waals surface area (Å²) < 4.78 is 20.9. The van der Waals surface area contributed by atoms with Crippen LogP contribution in [-0.4, -0.2) is 31.8 Å². The molecule has 2 heterocycles. The smallest absolute Gasteiger partial charge is 0.335 e. The van der Waals surface area contributed by atoms with Crippen molar-refractivity contribution in [3.63, 3.8) is 0 Å². The molecular formula is C13H12ClNO5. The van der Waals surface area contributed by atoms with E-state index < -0.39 is 18.1 Å². The first-order valence-corrected chi connectivity index (χ1v) is 6.36. The minimum absolute atomic E-state index is 0.149. The van der Waals surface area contributed by atoms with Crippen molar-refractivity contribution < 1.29 is 23.7 Å². The van der Waals surface area contributed by atoms with Crippen LogP contribution < -0.4 is 9.47 Å². The first kappa shape index (κ1) is 13.1. The number of hydrogen-bond acceptors (Lipinski definition) is 6.